The predicted molar refractivity (Wildman–Crippen MR) is 103 cm³/mol. The van der Waals surface area contributed by atoms with Gasteiger partial charge in [0.15, 0.2) is 0 Å². The van der Waals surface area contributed by atoms with Crippen LogP contribution in [0, 0.1) is 25.7 Å². The molecule has 1 aromatic rings. The molecule has 1 aromatic carbocycles. The van der Waals surface area contributed by atoms with E-state index >= 15 is 0 Å². The molecule has 0 spiro atoms. The lowest BCUT2D eigenvalue weighted by Gasteiger charge is -2.30. The van der Waals surface area contributed by atoms with Crippen molar-refractivity contribution in [3.05, 3.63) is 29.3 Å². The van der Waals surface area contributed by atoms with E-state index in [0.29, 0.717) is 0 Å². The molecule has 0 radical (unpaired) electrons. The molecular formula is C21H32N2O2. The second kappa shape index (κ2) is 9.02. The average molecular weight is 344 g/mol. The third-order valence-electron chi connectivity index (χ3n) is 5.44. The van der Waals surface area contributed by atoms with Crippen molar-refractivity contribution in [2.75, 3.05) is 18.9 Å². The number of nitrogens with zero attached hydrogens (tertiary/aromatic N) is 1. The summed E-state index contributed by atoms with van der Waals surface area (Å²) in [5, 5.41) is 3.04. The van der Waals surface area contributed by atoms with E-state index in [1.54, 1.807) is 0 Å². The molecule has 1 N–H and O–H groups in total. The number of carbonyl (C=O) groups is 2. The van der Waals surface area contributed by atoms with Gasteiger partial charge in [0.25, 0.3) is 0 Å². The third-order valence-corrected chi connectivity index (χ3v) is 5.44. The zero-order valence-corrected chi connectivity index (χ0v) is 16.1. The molecule has 1 saturated carbocycles. The van der Waals surface area contributed by atoms with Gasteiger partial charge in [-0.15, -0.1) is 0 Å². The molecule has 2 rings (SSSR count). The smallest absolute Gasteiger partial charge is 0.227 e. The molecule has 0 aliphatic heterocycles. The maximum atomic E-state index is 12.5. The lowest BCUT2D eigenvalue weighted by atomic mass is 9.81. The van der Waals surface area contributed by atoms with E-state index in [9.17, 15) is 9.59 Å². The number of unbranched alkanes of at least 4 members (excludes halogenated alkanes) is 1. The lowest BCUT2D eigenvalue weighted by Crippen LogP contribution is -2.37. The Morgan fingerprint density at radius 3 is 2.32 bits per heavy atom. The Morgan fingerprint density at radius 1 is 1.08 bits per heavy atom. The van der Waals surface area contributed by atoms with Crippen LogP contribution in [-0.2, 0) is 9.59 Å². The maximum absolute atomic E-state index is 12.5. The van der Waals surface area contributed by atoms with Crippen molar-refractivity contribution in [2.45, 2.75) is 59.3 Å². The van der Waals surface area contributed by atoms with Crippen LogP contribution in [0.5, 0.6) is 0 Å². The van der Waals surface area contributed by atoms with Crippen LogP contribution in [0.2, 0.25) is 0 Å². The van der Waals surface area contributed by atoms with Crippen molar-refractivity contribution < 1.29 is 9.59 Å². The molecule has 1 aliphatic rings. The minimum atomic E-state index is 0.0200. The van der Waals surface area contributed by atoms with Crippen LogP contribution in [0.25, 0.3) is 0 Å². The van der Waals surface area contributed by atoms with E-state index in [0.717, 1.165) is 50.8 Å². The van der Waals surface area contributed by atoms with Crippen LogP contribution in [0.3, 0.4) is 0 Å². The van der Waals surface area contributed by atoms with Crippen molar-refractivity contribution >= 4 is 17.5 Å². The van der Waals surface area contributed by atoms with Crippen molar-refractivity contribution in [3.8, 4) is 0 Å². The summed E-state index contributed by atoms with van der Waals surface area (Å²) < 4.78 is 0. The van der Waals surface area contributed by atoms with Crippen LogP contribution >= 0.6 is 0 Å². The van der Waals surface area contributed by atoms with Crippen LogP contribution < -0.4 is 5.32 Å². The van der Waals surface area contributed by atoms with Crippen molar-refractivity contribution in [1.29, 1.82) is 0 Å². The predicted octanol–water partition coefficient (Wildman–Crippen LogP) is 4.31. The Labute approximate surface area is 152 Å². The number of rotatable bonds is 6. The average Bonchev–Trinajstić information content (AvgIpc) is 2.62. The fourth-order valence-electron chi connectivity index (χ4n) is 3.48. The largest absolute Gasteiger partial charge is 0.346 e. The summed E-state index contributed by atoms with van der Waals surface area (Å²) in [6.45, 7) is 7.09. The van der Waals surface area contributed by atoms with E-state index in [4.69, 9.17) is 0 Å². The quantitative estimate of drug-likeness (QED) is 0.836. The molecule has 2 amide bonds. The third kappa shape index (κ3) is 5.32. The molecule has 4 nitrogen and oxygen atoms in total. The Morgan fingerprint density at radius 2 is 1.72 bits per heavy atom. The van der Waals surface area contributed by atoms with Gasteiger partial charge in [0.05, 0.1) is 0 Å². The van der Waals surface area contributed by atoms with E-state index in [-0.39, 0.29) is 23.7 Å². The minimum Gasteiger partial charge on any atom is -0.346 e. The first-order valence-electron chi connectivity index (χ1n) is 9.55. The minimum absolute atomic E-state index is 0.0200. The summed E-state index contributed by atoms with van der Waals surface area (Å²) in [7, 11) is 1.90. The fourth-order valence-corrected chi connectivity index (χ4v) is 3.48. The molecule has 0 saturated heterocycles. The molecule has 0 atom stereocenters. The van der Waals surface area contributed by atoms with Gasteiger partial charge >= 0.3 is 0 Å². The Hall–Kier alpha value is -1.84. The number of hydrogen-bond donors (Lipinski definition) is 1. The first-order valence-corrected chi connectivity index (χ1v) is 9.55. The van der Waals surface area contributed by atoms with E-state index in [2.05, 4.69) is 26.1 Å². The SMILES string of the molecule is CCCCN(C)C(=O)C1CCC(C(=O)Nc2ccc(C)c(C)c2)CC1. The highest BCUT2D eigenvalue weighted by Crippen LogP contribution is 2.31. The second-order valence-corrected chi connectivity index (χ2v) is 7.45. The summed E-state index contributed by atoms with van der Waals surface area (Å²) in [5.41, 5.74) is 3.28. The van der Waals surface area contributed by atoms with Gasteiger partial charge in [-0.05, 0) is 69.2 Å². The van der Waals surface area contributed by atoms with Crippen molar-refractivity contribution in [3.63, 3.8) is 0 Å². The Balaban J connectivity index is 1.83. The molecule has 0 heterocycles. The molecular weight excluding hydrogens is 312 g/mol. The van der Waals surface area contributed by atoms with Gasteiger partial charge in [0, 0.05) is 31.1 Å². The van der Waals surface area contributed by atoms with E-state index < -0.39 is 0 Å². The topological polar surface area (TPSA) is 49.4 Å². The second-order valence-electron chi connectivity index (χ2n) is 7.45. The van der Waals surface area contributed by atoms with Crippen LogP contribution in [0.15, 0.2) is 18.2 Å². The summed E-state index contributed by atoms with van der Waals surface area (Å²) in [4.78, 5) is 26.8. The molecule has 0 aromatic heterocycles. The highest BCUT2D eigenvalue weighted by atomic mass is 16.2. The van der Waals surface area contributed by atoms with Gasteiger partial charge in [0.1, 0.15) is 0 Å². The standard InChI is InChI=1S/C21H32N2O2/c1-5-6-13-23(4)21(25)18-10-8-17(9-11-18)20(24)22-19-12-7-15(2)16(3)14-19/h7,12,14,17-18H,5-6,8-11,13H2,1-4H3,(H,22,24). The van der Waals surface area contributed by atoms with Gasteiger partial charge in [-0.2, -0.15) is 0 Å². The van der Waals surface area contributed by atoms with Crippen molar-refractivity contribution in [2.24, 2.45) is 11.8 Å². The summed E-state index contributed by atoms with van der Waals surface area (Å²) in [6, 6.07) is 6.01. The molecule has 1 aliphatic carbocycles. The zero-order valence-electron chi connectivity index (χ0n) is 16.1. The van der Waals surface area contributed by atoms with Crippen LogP contribution in [0.4, 0.5) is 5.69 Å². The number of hydrogen-bond acceptors (Lipinski definition) is 2. The van der Waals surface area contributed by atoms with Gasteiger partial charge in [-0.3, -0.25) is 9.59 Å². The van der Waals surface area contributed by atoms with E-state index in [1.165, 1.54) is 11.1 Å². The number of nitrogens with one attached hydrogen (secondary N) is 1. The number of aryl methyl sites for hydroxylation is 2. The summed E-state index contributed by atoms with van der Waals surface area (Å²) >= 11 is 0. The number of amides is 2. The van der Waals surface area contributed by atoms with E-state index in [1.807, 2.05) is 30.1 Å². The normalized spacial score (nSPS) is 20.2. The first-order chi connectivity index (χ1) is 11.9. The van der Waals surface area contributed by atoms with Gasteiger partial charge < -0.3 is 10.2 Å². The monoisotopic (exact) mass is 344 g/mol. The Bertz CT molecular complexity index is 604. The molecule has 138 valence electrons. The molecule has 0 unspecified atom stereocenters. The zero-order chi connectivity index (χ0) is 18.4. The first kappa shape index (κ1) is 19.5. The lowest BCUT2D eigenvalue weighted by molar-refractivity contribution is -0.136. The maximum Gasteiger partial charge on any atom is 0.227 e. The number of anilines is 1. The molecule has 0 bridgehead atoms. The van der Waals surface area contributed by atoms with Gasteiger partial charge in [-0.25, -0.2) is 0 Å². The molecule has 4 heteroatoms. The van der Waals surface area contributed by atoms with Crippen LogP contribution in [0.1, 0.15) is 56.6 Å². The van der Waals surface area contributed by atoms with Gasteiger partial charge in [-0.1, -0.05) is 19.4 Å². The molecule has 25 heavy (non-hydrogen) atoms. The van der Waals surface area contributed by atoms with Crippen molar-refractivity contribution in [1.82, 2.24) is 4.90 Å². The van der Waals surface area contributed by atoms with Crippen LogP contribution in [-0.4, -0.2) is 30.3 Å². The summed E-state index contributed by atoms with van der Waals surface area (Å²) in [6.07, 6.45) is 5.39. The fraction of sp³-hybridized carbons (Fsp3) is 0.619. The number of benzene rings is 1. The highest BCUT2D eigenvalue weighted by molar-refractivity contribution is 5.93. The number of carbonyl (C=O) groups excluding carboxylic acids is 2. The summed E-state index contributed by atoms with van der Waals surface area (Å²) in [5.74, 6) is 0.453. The van der Waals surface area contributed by atoms with Gasteiger partial charge in [0.2, 0.25) is 11.8 Å². The highest BCUT2D eigenvalue weighted by Gasteiger charge is 2.31. The Kier molecular flexibility index (Phi) is 7.03. The molecule has 1 fully saturated rings.